The van der Waals surface area contributed by atoms with Crippen molar-refractivity contribution in [3.8, 4) is 0 Å². The lowest BCUT2D eigenvalue weighted by atomic mass is 9.85. The van der Waals surface area contributed by atoms with E-state index in [0.717, 1.165) is 25.7 Å². The minimum absolute atomic E-state index is 0.108. The molecule has 0 aromatic rings. The maximum atomic E-state index is 12.4. The van der Waals surface area contributed by atoms with Gasteiger partial charge in [0.2, 0.25) is 0 Å². The molecule has 0 N–H and O–H groups in total. The molecule has 0 aromatic heterocycles. The number of rotatable bonds is 10. The van der Waals surface area contributed by atoms with Crippen molar-refractivity contribution >= 4 is 11.9 Å². The van der Waals surface area contributed by atoms with Gasteiger partial charge in [0.15, 0.2) is 0 Å². The zero-order valence-electron chi connectivity index (χ0n) is 15.8. The standard InChI is InChI=1S/C19H34O4/c1-7-10-11-12-13-15(17(20)22-8-2)16(14-19(4,5)6)18(21)23-9-3/h7-14H2,1-6H3/b16-15-. The summed E-state index contributed by atoms with van der Waals surface area (Å²) in [5.74, 6) is -0.766. The summed E-state index contributed by atoms with van der Waals surface area (Å²) in [4.78, 5) is 24.7. The number of carbonyl (C=O) groups is 2. The molecule has 4 nitrogen and oxygen atoms in total. The average molecular weight is 326 g/mol. The molecule has 0 amide bonds. The lowest BCUT2D eigenvalue weighted by molar-refractivity contribution is -0.142. The van der Waals surface area contributed by atoms with Crippen LogP contribution in [-0.2, 0) is 19.1 Å². The highest BCUT2D eigenvalue weighted by Gasteiger charge is 2.26. The molecule has 0 unspecified atom stereocenters. The third-order valence-corrected chi connectivity index (χ3v) is 3.40. The zero-order valence-corrected chi connectivity index (χ0v) is 15.8. The van der Waals surface area contributed by atoms with Crippen LogP contribution in [-0.4, -0.2) is 25.2 Å². The van der Waals surface area contributed by atoms with E-state index in [2.05, 4.69) is 6.92 Å². The summed E-state index contributed by atoms with van der Waals surface area (Å²) in [6.45, 7) is 12.5. The highest BCUT2D eigenvalue weighted by molar-refractivity contribution is 6.00. The monoisotopic (exact) mass is 326 g/mol. The first-order chi connectivity index (χ1) is 10.8. The van der Waals surface area contributed by atoms with E-state index in [1.807, 2.05) is 20.8 Å². The molecule has 0 rings (SSSR count). The van der Waals surface area contributed by atoms with E-state index in [4.69, 9.17) is 9.47 Å². The van der Waals surface area contributed by atoms with Crippen LogP contribution < -0.4 is 0 Å². The Morgan fingerprint density at radius 1 is 0.783 bits per heavy atom. The quantitative estimate of drug-likeness (QED) is 0.328. The maximum absolute atomic E-state index is 12.4. The molecular weight excluding hydrogens is 292 g/mol. The van der Waals surface area contributed by atoms with E-state index in [1.54, 1.807) is 13.8 Å². The van der Waals surface area contributed by atoms with Crippen molar-refractivity contribution in [3.05, 3.63) is 11.1 Å². The van der Waals surface area contributed by atoms with Gasteiger partial charge in [0.05, 0.1) is 13.2 Å². The number of ether oxygens (including phenoxy) is 2. The molecule has 0 aliphatic rings. The van der Waals surface area contributed by atoms with E-state index in [0.29, 0.717) is 37.2 Å². The summed E-state index contributed by atoms with van der Waals surface area (Å²) in [6.07, 6.45) is 5.27. The van der Waals surface area contributed by atoms with Crippen LogP contribution in [0.15, 0.2) is 11.1 Å². The topological polar surface area (TPSA) is 52.6 Å². The molecule has 134 valence electrons. The second kappa shape index (κ2) is 11.3. The molecule has 0 saturated carbocycles. The van der Waals surface area contributed by atoms with Gasteiger partial charge in [-0.3, -0.25) is 0 Å². The van der Waals surface area contributed by atoms with E-state index < -0.39 is 0 Å². The second-order valence-corrected chi connectivity index (χ2v) is 6.95. The van der Waals surface area contributed by atoms with Crippen molar-refractivity contribution in [1.82, 2.24) is 0 Å². The van der Waals surface area contributed by atoms with E-state index in [-0.39, 0.29) is 17.4 Å². The first-order valence-corrected chi connectivity index (χ1v) is 8.83. The van der Waals surface area contributed by atoms with Crippen LogP contribution in [0.1, 0.15) is 80.1 Å². The Kier molecular flexibility index (Phi) is 10.6. The van der Waals surface area contributed by atoms with E-state index >= 15 is 0 Å². The van der Waals surface area contributed by atoms with Crippen molar-refractivity contribution in [2.75, 3.05) is 13.2 Å². The number of unbranched alkanes of at least 4 members (excludes halogenated alkanes) is 3. The van der Waals surface area contributed by atoms with Crippen molar-refractivity contribution < 1.29 is 19.1 Å². The summed E-state index contributed by atoms with van der Waals surface area (Å²) >= 11 is 0. The summed E-state index contributed by atoms with van der Waals surface area (Å²) in [5.41, 5.74) is 0.870. The number of hydrogen-bond acceptors (Lipinski definition) is 4. The Morgan fingerprint density at radius 3 is 1.74 bits per heavy atom. The van der Waals surface area contributed by atoms with Crippen LogP contribution in [0.3, 0.4) is 0 Å². The Hall–Kier alpha value is -1.32. The van der Waals surface area contributed by atoms with Crippen molar-refractivity contribution in [2.45, 2.75) is 80.1 Å². The van der Waals surface area contributed by atoms with Crippen LogP contribution in [0, 0.1) is 5.41 Å². The van der Waals surface area contributed by atoms with Gasteiger partial charge in [0.25, 0.3) is 0 Å². The molecule has 0 fully saturated rings. The van der Waals surface area contributed by atoms with Gasteiger partial charge in [-0.15, -0.1) is 0 Å². The van der Waals surface area contributed by atoms with Gasteiger partial charge in [0, 0.05) is 11.1 Å². The Labute approximate surface area is 141 Å². The molecule has 4 heteroatoms. The van der Waals surface area contributed by atoms with Gasteiger partial charge in [-0.05, 0) is 38.5 Å². The van der Waals surface area contributed by atoms with Crippen LogP contribution in [0.4, 0.5) is 0 Å². The third kappa shape index (κ3) is 9.42. The van der Waals surface area contributed by atoms with Gasteiger partial charge in [-0.25, -0.2) is 9.59 Å². The SMILES string of the molecule is CCCCCC/C(C(=O)OCC)=C(\CC(C)(C)C)C(=O)OCC. The predicted molar refractivity (Wildman–Crippen MR) is 93.1 cm³/mol. The predicted octanol–water partition coefficient (Wildman–Crippen LogP) is 4.82. The van der Waals surface area contributed by atoms with Crippen molar-refractivity contribution in [3.63, 3.8) is 0 Å². The molecule has 0 aliphatic heterocycles. The van der Waals surface area contributed by atoms with Crippen molar-refractivity contribution in [2.24, 2.45) is 5.41 Å². The van der Waals surface area contributed by atoms with Gasteiger partial charge in [-0.2, -0.15) is 0 Å². The van der Waals surface area contributed by atoms with Crippen LogP contribution in [0.2, 0.25) is 0 Å². The Balaban J connectivity index is 5.51. The molecule has 0 atom stereocenters. The first-order valence-electron chi connectivity index (χ1n) is 8.83. The molecule has 23 heavy (non-hydrogen) atoms. The fraction of sp³-hybridized carbons (Fsp3) is 0.789. The largest absolute Gasteiger partial charge is 0.463 e. The maximum Gasteiger partial charge on any atom is 0.334 e. The summed E-state index contributed by atoms with van der Waals surface area (Å²) < 4.78 is 10.4. The van der Waals surface area contributed by atoms with Gasteiger partial charge < -0.3 is 9.47 Å². The third-order valence-electron chi connectivity index (χ3n) is 3.40. The average Bonchev–Trinajstić information content (AvgIpc) is 2.45. The van der Waals surface area contributed by atoms with Crippen LogP contribution in [0.5, 0.6) is 0 Å². The fourth-order valence-corrected chi connectivity index (χ4v) is 2.37. The Bertz CT molecular complexity index is 402. The van der Waals surface area contributed by atoms with Gasteiger partial charge in [-0.1, -0.05) is 47.0 Å². The molecule has 0 aliphatic carbocycles. The lowest BCUT2D eigenvalue weighted by Gasteiger charge is -2.22. The number of carbonyl (C=O) groups excluding carboxylic acids is 2. The molecule has 0 aromatic carbocycles. The summed E-state index contributed by atoms with van der Waals surface area (Å²) in [5, 5.41) is 0. The molecule has 0 heterocycles. The van der Waals surface area contributed by atoms with Crippen molar-refractivity contribution in [1.29, 1.82) is 0 Å². The fourth-order valence-electron chi connectivity index (χ4n) is 2.37. The van der Waals surface area contributed by atoms with Crippen LogP contribution >= 0.6 is 0 Å². The van der Waals surface area contributed by atoms with E-state index in [9.17, 15) is 9.59 Å². The highest BCUT2D eigenvalue weighted by atomic mass is 16.5. The zero-order chi connectivity index (χ0) is 17.9. The number of hydrogen-bond donors (Lipinski definition) is 0. The summed E-state index contributed by atoms with van der Waals surface area (Å²) in [6, 6.07) is 0. The molecule has 0 bridgehead atoms. The molecule has 0 saturated heterocycles. The Morgan fingerprint density at radius 2 is 1.30 bits per heavy atom. The van der Waals surface area contributed by atoms with E-state index in [1.165, 1.54) is 0 Å². The molecule has 0 radical (unpaired) electrons. The minimum atomic E-state index is -0.388. The smallest absolute Gasteiger partial charge is 0.334 e. The second-order valence-electron chi connectivity index (χ2n) is 6.95. The normalized spacial score (nSPS) is 12.6. The minimum Gasteiger partial charge on any atom is -0.463 e. The molecular formula is C19H34O4. The first kappa shape index (κ1) is 21.7. The molecule has 0 spiro atoms. The van der Waals surface area contributed by atoms with Crippen LogP contribution in [0.25, 0.3) is 0 Å². The lowest BCUT2D eigenvalue weighted by Crippen LogP contribution is -2.21. The summed E-state index contributed by atoms with van der Waals surface area (Å²) in [7, 11) is 0. The highest BCUT2D eigenvalue weighted by Crippen LogP contribution is 2.29. The van der Waals surface area contributed by atoms with Gasteiger partial charge >= 0.3 is 11.9 Å². The number of esters is 2. The van der Waals surface area contributed by atoms with Gasteiger partial charge in [0.1, 0.15) is 0 Å².